The molecular formula is C39H43N9O8S. The van der Waals surface area contributed by atoms with Gasteiger partial charge in [0, 0.05) is 55.4 Å². The van der Waals surface area contributed by atoms with Crippen molar-refractivity contribution in [1.82, 2.24) is 35.5 Å². The summed E-state index contributed by atoms with van der Waals surface area (Å²) in [5, 5.41) is 26.4. The number of para-hydroxylation sites is 1. The molecule has 0 unspecified atom stereocenters. The van der Waals surface area contributed by atoms with Crippen molar-refractivity contribution in [3.63, 3.8) is 0 Å². The number of aromatic hydroxyl groups is 1. The molecule has 1 saturated heterocycles. The number of aryl methyl sites for hydroxylation is 1. The van der Waals surface area contributed by atoms with E-state index >= 15 is 0 Å². The number of nitrogens with two attached hydrogens (primary N) is 1. The van der Waals surface area contributed by atoms with Gasteiger partial charge in [0.1, 0.15) is 17.0 Å². The molecule has 0 aliphatic carbocycles. The first-order chi connectivity index (χ1) is 27.4. The summed E-state index contributed by atoms with van der Waals surface area (Å²) in [5.74, 6) is -0.400. The number of hydrogen-bond acceptors (Lipinski definition) is 14. The molecule has 1 fully saturated rings. The standard InChI is InChI=1S/C39H43N9O5.O3S/c1-3-6-29-9-5-10-30(38(29)51)20-42-44-37(50)25-47-15-13-46(14-16-47)22-27-7-4-8-28(17-27)23-48-24-32(43-45-48)21-41-36(49)19-34-26(2)33-12-11-31(40)18-35(33)53-39(34)52;1-4(2)3/h3-5,7-12,17-18,20,24,51H,1,6,13-16,19,21-23,25,40H2,2H3,(H,41,49)(H,44,50);/b42-20+;. The highest BCUT2D eigenvalue weighted by Crippen LogP contribution is 2.23. The number of fused-ring (bicyclic) bond motifs is 1. The number of aromatic nitrogens is 3. The molecule has 2 aromatic heterocycles. The van der Waals surface area contributed by atoms with Crippen LogP contribution in [0.15, 0.2) is 93.8 Å². The predicted octanol–water partition coefficient (Wildman–Crippen LogP) is 1.88. The van der Waals surface area contributed by atoms with E-state index in [0.717, 1.165) is 49.2 Å². The predicted molar refractivity (Wildman–Crippen MR) is 212 cm³/mol. The van der Waals surface area contributed by atoms with Gasteiger partial charge in [-0.3, -0.25) is 19.4 Å². The van der Waals surface area contributed by atoms with Crippen molar-refractivity contribution in [2.24, 2.45) is 5.10 Å². The third-order valence-electron chi connectivity index (χ3n) is 9.18. The lowest BCUT2D eigenvalue weighted by Gasteiger charge is -2.34. The molecule has 3 aromatic carbocycles. The average Bonchev–Trinajstić information content (AvgIpc) is 3.61. The van der Waals surface area contributed by atoms with E-state index in [4.69, 9.17) is 22.8 Å². The number of benzene rings is 3. The first-order valence-corrected chi connectivity index (χ1v) is 18.9. The normalized spacial score (nSPS) is 13.2. The Kier molecular flexibility index (Phi) is 14.5. The van der Waals surface area contributed by atoms with Gasteiger partial charge in [-0.15, -0.1) is 24.3 Å². The lowest BCUT2D eigenvalue weighted by atomic mass is 10.0. The number of phenolic OH excluding ortho intramolecular Hbond substituents is 1. The number of carbonyl (C=O) groups is 2. The summed E-state index contributed by atoms with van der Waals surface area (Å²) in [7, 11) is -3.11. The van der Waals surface area contributed by atoms with Gasteiger partial charge in [0.25, 0.3) is 5.91 Å². The Balaban J connectivity index is 0.00000148. The number of allylic oxidation sites excluding steroid dienone is 1. The van der Waals surface area contributed by atoms with Crippen LogP contribution in [0.1, 0.15) is 39.1 Å². The summed E-state index contributed by atoms with van der Waals surface area (Å²) in [5.41, 5.74) is 13.8. The van der Waals surface area contributed by atoms with E-state index < -0.39 is 16.2 Å². The third-order valence-corrected chi connectivity index (χ3v) is 9.18. The van der Waals surface area contributed by atoms with Crippen LogP contribution in [-0.4, -0.2) is 93.3 Å². The zero-order valence-corrected chi connectivity index (χ0v) is 32.1. The maximum Gasteiger partial charge on any atom is 0.425 e. The van der Waals surface area contributed by atoms with Crippen molar-refractivity contribution >= 4 is 45.3 Å². The van der Waals surface area contributed by atoms with Gasteiger partial charge in [-0.05, 0) is 53.8 Å². The molecule has 0 radical (unpaired) electrons. The number of carbonyl (C=O) groups excluding carboxylic acids is 2. The number of anilines is 1. The quantitative estimate of drug-likeness (QED) is 0.0414. The van der Waals surface area contributed by atoms with Crippen LogP contribution in [0.4, 0.5) is 5.69 Å². The molecule has 5 N–H and O–H groups in total. The van der Waals surface area contributed by atoms with Gasteiger partial charge in [0.15, 0.2) is 0 Å². The molecule has 18 heteroatoms. The second-order valence-corrected chi connectivity index (χ2v) is 13.7. The van der Waals surface area contributed by atoms with E-state index in [-0.39, 0.29) is 37.1 Å². The maximum atomic E-state index is 12.8. The smallest absolute Gasteiger partial charge is 0.425 e. The highest BCUT2D eigenvalue weighted by molar-refractivity contribution is 7.59. The second-order valence-electron chi connectivity index (χ2n) is 13.3. The maximum absolute atomic E-state index is 12.8. The summed E-state index contributed by atoms with van der Waals surface area (Å²) < 4.78 is 32.5. The van der Waals surface area contributed by atoms with Gasteiger partial charge < -0.3 is 20.6 Å². The Hall–Kier alpha value is -6.50. The number of hydrazone groups is 1. The van der Waals surface area contributed by atoms with Crippen molar-refractivity contribution < 1.29 is 31.7 Å². The molecule has 1 aliphatic heterocycles. The molecule has 1 aliphatic rings. The number of piperazine rings is 1. The van der Waals surface area contributed by atoms with E-state index in [1.165, 1.54) is 11.8 Å². The average molecular weight is 798 g/mol. The van der Waals surface area contributed by atoms with Crippen LogP contribution < -0.4 is 22.1 Å². The molecule has 2 amide bonds. The van der Waals surface area contributed by atoms with Crippen molar-refractivity contribution in [2.45, 2.75) is 39.4 Å². The van der Waals surface area contributed by atoms with Crippen LogP contribution in [-0.2, 0) is 52.7 Å². The van der Waals surface area contributed by atoms with Gasteiger partial charge >= 0.3 is 16.2 Å². The molecule has 3 heterocycles. The first-order valence-electron chi connectivity index (χ1n) is 17.9. The monoisotopic (exact) mass is 797 g/mol. The SMILES string of the molecule is C=CCc1cccc(/C=N/NC(=O)CN2CCN(Cc3cccc(Cn4cc(CNC(=O)Cc5c(C)c6ccc(N)cc6oc5=O)nn4)c3)CC2)c1O.O=S(=O)=O. The minimum Gasteiger partial charge on any atom is -0.507 e. The van der Waals surface area contributed by atoms with Gasteiger partial charge in [-0.25, -0.2) is 14.9 Å². The molecule has 0 atom stereocenters. The number of phenols is 1. The summed E-state index contributed by atoms with van der Waals surface area (Å²) in [6.07, 6.45) is 5.39. The molecule has 298 valence electrons. The third kappa shape index (κ3) is 12.2. The highest BCUT2D eigenvalue weighted by Gasteiger charge is 2.20. The Morgan fingerprint density at radius 2 is 1.70 bits per heavy atom. The number of amides is 2. The van der Waals surface area contributed by atoms with Gasteiger partial charge in [-0.1, -0.05) is 47.7 Å². The molecule has 0 saturated carbocycles. The fourth-order valence-corrected chi connectivity index (χ4v) is 6.35. The van der Waals surface area contributed by atoms with Gasteiger partial charge in [-0.2, -0.15) is 5.10 Å². The van der Waals surface area contributed by atoms with Gasteiger partial charge in [0.2, 0.25) is 5.91 Å². The summed E-state index contributed by atoms with van der Waals surface area (Å²) >= 11 is 0. The van der Waals surface area contributed by atoms with Crippen LogP contribution >= 0.6 is 0 Å². The number of nitrogens with zero attached hydrogens (tertiary/aromatic N) is 6. The van der Waals surface area contributed by atoms with E-state index in [1.807, 2.05) is 24.3 Å². The Labute approximate surface area is 329 Å². The lowest BCUT2D eigenvalue weighted by molar-refractivity contribution is -0.122. The van der Waals surface area contributed by atoms with Crippen LogP contribution in [0, 0.1) is 6.92 Å². The number of nitrogens with one attached hydrogen (secondary N) is 2. The summed E-state index contributed by atoms with van der Waals surface area (Å²) in [6.45, 7) is 10.4. The molecule has 6 rings (SSSR count). The van der Waals surface area contributed by atoms with Crippen LogP contribution in [0.25, 0.3) is 11.0 Å². The number of nitrogen functional groups attached to an aromatic ring is 1. The fraction of sp³-hybridized carbons (Fsp3) is 0.282. The zero-order valence-electron chi connectivity index (χ0n) is 31.3. The largest absolute Gasteiger partial charge is 0.507 e. The Bertz CT molecular complexity index is 2430. The van der Waals surface area contributed by atoms with Crippen LogP contribution in [0.5, 0.6) is 5.75 Å². The minimum absolute atomic E-state index is 0.116. The van der Waals surface area contributed by atoms with E-state index in [2.05, 4.69) is 54.7 Å². The molecular weight excluding hydrogens is 755 g/mol. The zero-order chi connectivity index (χ0) is 40.9. The molecule has 5 aromatic rings. The molecule has 0 bridgehead atoms. The first kappa shape index (κ1) is 41.7. The highest BCUT2D eigenvalue weighted by atomic mass is 32.2. The number of rotatable bonds is 14. The molecule has 57 heavy (non-hydrogen) atoms. The summed E-state index contributed by atoms with van der Waals surface area (Å²) in [6, 6.07) is 18.8. The Morgan fingerprint density at radius 1 is 1.00 bits per heavy atom. The topological polar surface area (TPSA) is 235 Å². The fourth-order valence-electron chi connectivity index (χ4n) is 6.35. The van der Waals surface area contributed by atoms with Crippen molar-refractivity contribution in [2.75, 3.05) is 38.5 Å². The van der Waals surface area contributed by atoms with Gasteiger partial charge in [0.05, 0.1) is 44.0 Å². The van der Waals surface area contributed by atoms with Crippen molar-refractivity contribution in [1.29, 1.82) is 0 Å². The molecule has 0 spiro atoms. The van der Waals surface area contributed by atoms with Crippen LogP contribution in [0.2, 0.25) is 0 Å². The van der Waals surface area contributed by atoms with Crippen molar-refractivity contribution in [3.05, 3.63) is 129 Å². The summed E-state index contributed by atoms with van der Waals surface area (Å²) in [4.78, 5) is 42.3. The minimum atomic E-state index is -3.11. The van der Waals surface area contributed by atoms with E-state index in [0.29, 0.717) is 46.6 Å². The lowest BCUT2D eigenvalue weighted by Crippen LogP contribution is -2.48. The second kappa shape index (κ2) is 19.9. The molecule has 17 nitrogen and oxygen atoms in total. The van der Waals surface area contributed by atoms with Crippen molar-refractivity contribution in [3.8, 4) is 5.75 Å². The van der Waals surface area contributed by atoms with E-state index in [9.17, 15) is 19.5 Å². The Morgan fingerprint density at radius 3 is 2.44 bits per heavy atom. The van der Waals surface area contributed by atoms with Crippen LogP contribution in [0.3, 0.4) is 0 Å². The van der Waals surface area contributed by atoms with E-state index in [1.54, 1.807) is 48.1 Å². The number of hydrogen-bond donors (Lipinski definition) is 4.